The summed E-state index contributed by atoms with van der Waals surface area (Å²) >= 11 is 0. The molecule has 2 heterocycles. The Morgan fingerprint density at radius 3 is 2.48 bits per heavy atom. The molecule has 0 saturated heterocycles. The van der Waals surface area contributed by atoms with Crippen LogP contribution in [-0.2, 0) is 0 Å². The molecule has 144 valence electrons. The smallest absolute Gasteiger partial charge is 0.328 e. The normalized spacial score (nSPS) is 11.2. The van der Waals surface area contributed by atoms with Crippen LogP contribution < -0.4 is 22.2 Å². The minimum atomic E-state index is -0.841. The molecule has 0 radical (unpaired) electrons. The van der Waals surface area contributed by atoms with Crippen LogP contribution in [0.3, 0.4) is 0 Å². The number of aromatic amines is 2. The van der Waals surface area contributed by atoms with Crippen molar-refractivity contribution in [2.75, 3.05) is 5.43 Å². The van der Waals surface area contributed by atoms with Gasteiger partial charge < -0.3 is 5.11 Å². The zero-order valence-electron chi connectivity index (χ0n) is 14.8. The van der Waals surface area contributed by atoms with Crippen LogP contribution in [0.25, 0.3) is 16.6 Å². The average Bonchev–Trinajstić information content (AvgIpc) is 2.71. The van der Waals surface area contributed by atoms with Crippen molar-refractivity contribution in [3.05, 3.63) is 91.4 Å². The standard InChI is InChI=1S/C19H14N6O4/c26-15-12-8-4-5-9-14(12)25(11-6-2-1-3-7-11)18(21-15)24-20-10-13-16(27)22-19(29)23-17(13)28/h1-10H,(H,21,24,26)(H3,22,23,27,28,29)/b20-10-. The monoisotopic (exact) mass is 390 g/mol. The first-order valence-electron chi connectivity index (χ1n) is 8.46. The van der Waals surface area contributed by atoms with Gasteiger partial charge in [-0.1, -0.05) is 30.3 Å². The van der Waals surface area contributed by atoms with E-state index < -0.39 is 22.7 Å². The van der Waals surface area contributed by atoms with Gasteiger partial charge in [-0.2, -0.15) is 10.1 Å². The number of fused-ring (bicyclic) bond motifs is 1. The Labute approximate surface area is 161 Å². The van der Waals surface area contributed by atoms with E-state index in [0.29, 0.717) is 10.9 Å². The van der Waals surface area contributed by atoms with Crippen molar-refractivity contribution in [2.45, 2.75) is 0 Å². The molecule has 4 N–H and O–H groups in total. The fourth-order valence-electron chi connectivity index (χ4n) is 2.84. The molecule has 29 heavy (non-hydrogen) atoms. The summed E-state index contributed by atoms with van der Waals surface area (Å²) in [5.74, 6) is -0.521. The molecule has 0 aliphatic rings. The van der Waals surface area contributed by atoms with Gasteiger partial charge in [0.2, 0.25) is 11.8 Å². The van der Waals surface area contributed by atoms with Crippen molar-refractivity contribution >= 4 is 23.1 Å². The lowest BCUT2D eigenvalue weighted by molar-refractivity contribution is 0.447. The van der Waals surface area contributed by atoms with Gasteiger partial charge in [-0.25, -0.2) is 10.2 Å². The summed E-state index contributed by atoms with van der Waals surface area (Å²) in [6.07, 6.45) is 1.01. The van der Waals surface area contributed by atoms with Crippen LogP contribution in [0.15, 0.2) is 74.1 Å². The fourth-order valence-corrected chi connectivity index (χ4v) is 2.84. The minimum Gasteiger partial charge on any atom is -0.494 e. The Kier molecular flexibility index (Phi) is 4.49. The number of rotatable bonds is 4. The number of benzene rings is 2. The van der Waals surface area contributed by atoms with Crippen LogP contribution in [-0.4, -0.2) is 30.8 Å². The van der Waals surface area contributed by atoms with E-state index in [1.165, 1.54) is 0 Å². The van der Waals surface area contributed by atoms with Gasteiger partial charge >= 0.3 is 5.69 Å². The van der Waals surface area contributed by atoms with Gasteiger partial charge in [-0.15, -0.1) is 0 Å². The van der Waals surface area contributed by atoms with Gasteiger partial charge in [-0.05, 0) is 24.3 Å². The maximum atomic E-state index is 12.4. The summed E-state index contributed by atoms with van der Waals surface area (Å²) in [4.78, 5) is 43.4. The van der Waals surface area contributed by atoms with Gasteiger partial charge in [0, 0.05) is 5.69 Å². The lowest BCUT2D eigenvalue weighted by atomic mass is 10.2. The van der Waals surface area contributed by atoms with E-state index in [1.54, 1.807) is 28.8 Å². The Hall–Kier alpha value is -4.47. The minimum absolute atomic E-state index is 0.108. The van der Waals surface area contributed by atoms with Gasteiger partial charge in [0.25, 0.3) is 11.1 Å². The van der Waals surface area contributed by atoms with Crippen LogP contribution >= 0.6 is 0 Å². The fraction of sp³-hybridized carbons (Fsp3) is 0. The molecule has 0 fully saturated rings. The Morgan fingerprint density at radius 1 is 1.00 bits per heavy atom. The molecule has 0 aliphatic heterocycles. The molecule has 0 unspecified atom stereocenters. The molecule has 10 nitrogen and oxygen atoms in total. The molecule has 4 aromatic rings. The van der Waals surface area contributed by atoms with Crippen LogP contribution in [0.5, 0.6) is 5.88 Å². The van der Waals surface area contributed by atoms with Crippen molar-refractivity contribution in [1.82, 2.24) is 19.5 Å². The number of aromatic nitrogens is 4. The maximum absolute atomic E-state index is 12.4. The van der Waals surface area contributed by atoms with Crippen molar-refractivity contribution in [2.24, 2.45) is 5.10 Å². The number of hydrogen-bond donors (Lipinski definition) is 4. The summed E-state index contributed by atoms with van der Waals surface area (Å²) in [6, 6.07) is 16.2. The Morgan fingerprint density at radius 2 is 1.72 bits per heavy atom. The van der Waals surface area contributed by atoms with Crippen molar-refractivity contribution in [1.29, 1.82) is 0 Å². The Balaban J connectivity index is 1.83. The van der Waals surface area contributed by atoms with E-state index in [1.807, 2.05) is 35.3 Å². The zero-order valence-corrected chi connectivity index (χ0v) is 14.8. The zero-order chi connectivity index (χ0) is 20.4. The highest BCUT2D eigenvalue weighted by molar-refractivity contribution is 5.83. The summed E-state index contributed by atoms with van der Waals surface area (Å²) < 4.78 is 1.70. The third kappa shape index (κ3) is 3.41. The molecule has 2 aromatic heterocycles. The number of para-hydroxylation sites is 2. The van der Waals surface area contributed by atoms with Gasteiger partial charge in [-0.3, -0.25) is 24.1 Å². The van der Waals surface area contributed by atoms with Crippen molar-refractivity contribution in [3.8, 4) is 11.6 Å². The second-order valence-electron chi connectivity index (χ2n) is 5.97. The number of nitrogens with one attached hydrogen (secondary N) is 3. The first-order valence-corrected chi connectivity index (χ1v) is 8.46. The quantitative estimate of drug-likeness (QED) is 0.301. The first-order chi connectivity index (χ1) is 14.0. The number of nitrogens with zero attached hydrogens (tertiary/aromatic N) is 3. The van der Waals surface area contributed by atoms with Gasteiger partial charge in [0.05, 0.1) is 17.1 Å². The highest BCUT2D eigenvalue weighted by atomic mass is 16.3. The molecule has 0 saturated carbocycles. The lowest BCUT2D eigenvalue weighted by Crippen LogP contribution is -2.25. The second-order valence-corrected chi connectivity index (χ2v) is 5.97. The van der Waals surface area contributed by atoms with Gasteiger partial charge in [0.15, 0.2) is 0 Å². The van der Waals surface area contributed by atoms with Crippen LogP contribution in [0, 0.1) is 0 Å². The SMILES string of the molecule is O=c1[nH]c(O)c(/C=N\Nc2nc(=O)c3ccccc3n2-c2ccccc2)c(=O)[nH]1. The van der Waals surface area contributed by atoms with E-state index in [0.717, 1.165) is 11.9 Å². The summed E-state index contributed by atoms with van der Waals surface area (Å²) in [5.41, 5.74) is 1.61. The number of hydrogen-bond acceptors (Lipinski definition) is 7. The summed E-state index contributed by atoms with van der Waals surface area (Å²) in [7, 11) is 0. The van der Waals surface area contributed by atoms with E-state index >= 15 is 0 Å². The second kappa shape index (κ2) is 7.27. The number of hydrazone groups is 1. The largest absolute Gasteiger partial charge is 0.494 e. The molecular formula is C19H14N6O4. The van der Waals surface area contributed by atoms with E-state index in [2.05, 4.69) is 20.5 Å². The summed E-state index contributed by atoms with van der Waals surface area (Å²) in [5, 5.41) is 14.1. The third-order valence-corrected chi connectivity index (χ3v) is 4.13. The number of aromatic hydroxyl groups is 1. The molecule has 0 aliphatic carbocycles. The predicted octanol–water partition coefficient (Wildman–Crippen LogP) is 0.914. The van der Waals surface area contributed by atoms with E-state index in [9.17, 15) is 19.5 Å². The number of H-pyrrole nitrogens is 2. The van der Waals surface area contributed by atoms with Crippen LogP contribution in [0.2, 0.25) is 0 Å². The summed E-state index contributed by atoms with van der Waals surface area (Å²) in [6.45, 7) is 0. The van der Waals surface area contributed by atoms with Crippen LogP contribution in [0.4, 0.5) is 5.95 Å². The van der Waals surface area contributed by atoms with E-state index in [4.69, 9.17) is 0 Å². The highest BCUT2D eigenvalue weighted by Gasteiger charge is 2.12. The topological polar surface area (TPSA) is 145 Å². The molecule has 0 spiro atoms. The molecule has 0 atom stereocenters. The first kappa shape index (κ1) is 17.9. The molecular weight excluding hydrogens is 376 g/mol. The van der Waals surface area contributed by atoms with Crippen LogP contribution in [0.1, 0.15) is 5.56 Å². The van der Waals surface area contributed by atoms with Gasteiger partial charge in [0.1, 0.15) is 5.56 Å². The third-order valence-electron chi connectivity index (χ3n) is 4.13. The predicted molar refractivity (Wildman–Crippen MR) is 108 cm³/mol. The van der Waals surface area contributed by atoms with E-state index in [-0.39, 0.29) is 11.5 Å². The van der Waals surface area contributed by atoms with Crippen molar-refractivity contribution in [3.63, 3.8) is 0 Å². The average molecular weight is 390 g/mol. The lowest BCUT2D eigenvalue weighted by Gasteiger charge is -2.15. The molecule has 0 bridgehead atoms. The molecule has 2 aromatic carbocycles. The molecule has 0 amide bonds. The highest BCUT2D eigenvalue weighted by Crippen LogP contribution is 2.20. The molecule has 4 rings (SSSR count). The Bertz CT molecular complexity index is 1400. The molecule has 10 heteroatoms. The number of anilines is 1. The maximum Gasteiger partial charge on any atom is 0.328 e. The van der Waals surface area contributed by atoms with Crippen molar-refractivity contribution < 1.29 is 5.11 Å².